The summed E-state index contributed by atoms with van der Waals surface area (Å²) in [6.07, 6.45) is 1.83. The Morgan fingerprint density at radius 1 is 0.875 bits per heavy atom. The maximum Gasteiger partial charge on any atom is 0.261 e. The zero-order valence-electron chi connectivity index (χ0n) is 19.0. The van der Waals surface area contributed by atoms with Crippen molar-refractivity contribution < 1.29 is 13.2 Å². The summed E-state index contributed by atoms with van der Waals surface area (Å²) in [6.45, 7) is 8.28. The molecule has 0 atom stereocenters. The molecular formula is C26H30N2O3S. The fourth-order valence-electron chi connectivity index (χ4n) is 3.59. The van der Waals surface area contributed by atoms with Crippen LogP contribution in [0.5, 0.6) is 0 Å². The summed E-state index contributed by atoms with van der Waals surface area (Å²) in [7, 11) is -3.75. The highest BCUT2D eigenvalue weighted by atomic mass is 32.2. The van der Waals surface area contributed by atoms with Gasteiger partial charge in [0.1, 0.15) is 0 Å². The van der Waals surface area contributed by atoms with Crippen LogP contribution in [0.4, 0.5) is 5.69 Å². The van der Waals surface area contributed by atoms with Gasteiger partial charge in [0, 0.05) is 12.1 Å². The molecule has 0 saturated heterocycles. The molecule has 0 aliphatic rings. The number of carbonyl (C=O) groups is 1. The number of benzene rings is 3. The zero-order chi connectivity index (χ0) is 23.3. The lowest BCUT2D eigenvalue weighted by Gasteiger charge is -2.15. The van der Waals surface area contributed by atoms with Crippen LogP contribution in [0.15, 0.2) is 65.6 Å². The van der Waals surface area contributed by atoms with Crippen LogP contribution >= 0.6 is 0 Å². The molecule has 3 aromatic rings. The van der Waals surface area contributed by atoms with Crippen LogP contribution in [-0.4, -0.2) is 14.3 Å². The highest BCUT2D eigenvalue weighted by Gasteiger charge is 2.18. The Morgan fingerprint density at radius 2 is 1.59 bits per heavy atom. The third kappa shape index (κ3) is 5.37. The third-order valence-corrected chi connectivity index (χ3v) is 7.03. The lowest BCUT2D eigenvalue weighted by molar-refractivity contribution is 0.0950. The Hall–Kier alpha value is -3.12. The lowest BCUT2D eigenvalue weighted by Crippen LogP contribution is -2.25. The van der Waals surface area contributed by atoms with Gasteiger partial charge >= 0.3 is 0 Å². The van der Waals surface area contributed by atoms with Gasteiger partial charge in [0.25, 0.3) is 15.9 Å². The normalized spacial score (nSPS) is 11.2. The van der Waals surface area contributed by atoms with E-state index in [0.717, 1.165) is 24.0 Å². The van der Waals surface area contributed by atoms with Crippen LogP contribution in [0.1, 0.15) is 52.0 Å². The quantitative estimate of drug-likeness (QED) is 0.498. The van der Waals surface area contributed by atoms with E-state index < -0.39 is 10.0 Å². The van der Waals surface area contributed by atoms with Crippen molar-refractivity contribution in [2.24, 2.45) is 0 Å². The van der Waals surface area contributed by atoms with Gasteiger partial charge in [-0.15, -0.1) is 0 Å². The summed E-state index contributed by atoms with van der Waals surface area (Å²) in [5.41, 5.74) is 5.94. The van der Waals surface area contributed by atoms with Gasteiger partial charge in [0.05, 0.1) is 10.6 Å². The molecule has 5 nitrogen and oxygen atoms in total. The van der Waals surface area contributed by atoms with Gasteiger partial charge in [0.2, 0.25) is 0 Å². The first-order chi connectivity index (χ1) is 15.2. The molecule has 0 bridgehead atoms. The van der Waals surface area contributed by atoms with E-state index in [1.54, 1.807) is 49.4 Å². The number of carbonyl (C=O) groups excluding carboxylic acids is 1. The Labute approximate surface area is 190 Å². The van der Waals surface area contributed by atoms with E-state index >= 15 is 0 Å². The summed E-state index contributed by atoms with van der Waals surface area (Å²) in [5, 5.41) is 2.99. The molecule has 1 amide bonds. The molecule has 6 heteroatoms. The summed E-state index contributed by atoms with van der Waals surface area (Å²) in [6, 6.07) is 18.1. The molecule has 0 unspecified atom stereocenters. The van der Waals surface area contributed by atoms with Crippen molar-refractivity contribution in [1.82, 2.24) is 5.32 Å². The standard InChI is InChI=1S/C26H30N2O3S/c1-5-20-12-13-21(6-2)22(16-20)17-27-26(29)24-8-7-9-25(19(24)4)28-32(30,31)23-14-10-18(3)11-15-23/h7-16,28H,5-6,17H2,1-4H3,(H,27,29). The van der Waals surface area contributed by atoms with Gasteiger partial charge in [-0.05, 0) is 73.2 Å². The van der Waals surface area contributed by atoms with Crippen molar-refractivity contribution in [3.63, 3.8) is 0 Å². The molecule has 0 aliphatic carbocycles. The number of anilines is 1. The molecule has 168 valence electrons. The van der Waals surface area contributed by atoms with E-state index in [0.29, 0.717) is 23.4 Å². The van der Waals surface area contributed by atoms with Crippen molar-refractivity contribution in [1.29, 1.82) is 0 Å². The molecule has 0 aromatic heterocycles. The first-order valence-electron chi connectivity index (χ1n) is 10.8. The predicted molar refractivity (Wildman–Crippen MR) is 130 cm³/mol. The average Bonchev–Trinajstić information content (AvgIpc) is 2.78. The van der Waals surface area contributed by atoms with Crippen LogP contribution in [0.25, 0.3) is 0 Å². The minimum Gasteiger partial charge on any atom is -0.348 e. The van der Waals surface area contributed by atoms with E-state index in [1.165, 1.54) is 11.1 Å². The monoisotopic (exact) mass is 450 g/mol. The van der Waals surface area contributed by atoms with Gasteiger partial charge in [0.15, 0.2) is 0 Å². The topological polar surface area (TPSA) is 75.3 Å². The third-order valence-electron chi connectivity index (χ3n) is 5.65. The van der Waals surface area contributed by atoms with Crippen molar-refractivity contribution in [3.05, 3.63) is 94.0 Å². The van der Waals surface area contributed by atoms with Crippen LogP contribution in [0.3, 0.4) is 0 Å². The molecule has 32 heavy (non-hydrogen) atoms. The molecule has 0 radical (unpaired) electrons. The first kappa shape index (κ1) is 23.5. The Balaban J connectivity index is 1.79. The van der Waals surface area contributed by atoms with Gasteiger partial charge in [-0.3, -0.25) is 9.52 Å². The van der Waals surface area contributed by atoms with Crippen molar-refractivity contribution in [2.75, 3.05) is 4.72 Å². The van der Waals surface area contributed by atoms with E-state index in [-0.39, 0.29) is 10.8 Å². The van der Waals surface area contributed by atoms with Crippen LogP contribution in [0, 0.1) is 13.8 Å². The molecule has 0 fully saturated rings. The predicted octanol–water partition coefficient (Wildman–Crippen LogP) is 5.16. The van der Waals surface area contributed by atoms with Crippen molar-refractivity contribution >= 4 is 21.6 Å². The van der Waals surface area contributed by atoms with Crippen molar-refractivity contribution in [3.8, 4) is 0 Å². The maximum atomic E-state index is 12.9. The van der Waals surface area contributed by atoms with Crippen LogP contribution in [0.2, 0.25) is 0 Å². The smallest absolute Gasteiger partial charge is 0.261 e. The van der Waals surface area contributed by atoms with Crippen molar-refractivity contribution in [2.45, 2.75) is 52.0 Å². The van der Waals surface area contributed by atoms with Crippen LogP contribution in [-0.2, 0) is 29.4 Å². The van der Waals surface area contributed by atoms with E-state index in [1.807, 2.05) is 6.92 Å². The second-order valence-electron chi connectivity index (χ2n) is 7.89. The number of hydrogen-bond donors (Lipinski definition) is 2. The lowest BCUT2D eigenvalue weighted by atomic mass is 10.0. The summed E-state index contributed by atoms with van der Waals surface area (Å²) < 4.78 is 28.2. The number of hydrogen-bond acceptors (Lipinski definition) is 3. The minimum absolute atomic E-state index is 0.181. The van der Waals surface area contributed by atoms with E-state index in [2.05, 4.69) is 42.1 Å². The first-order valence-corrected chi connectivity index (χ1v) is 12.3. The van der Waals surface area contributed by atoms with E-state index in [9.17, 15) is 13.2 Å². The Morgan fingerprint density at radius 3 is 2.25 bits per heavy atom. The maximum absolute atomic E-state index is 12.9. The van der Waals surface area contributed by atoms with Gasteiger partial charge in [-0.25, -0.2) is 8.42 Å². The number of aryl methyl sites for hydroxylation is 3. The SMILES string of the molecule is CCc1ccc(CC)c(CNC(=O)c2cccc(NS(=O)(=O)c3ccc(C)cc3)c2C)c1. The fourth-order valence-corrected chi connectivity index (χ4v) is 4.72. The molecule has 2 N–H and O–H groups in total. The summed E-state index contributed by atoms with van der Waals surface area (Å²) in [4.78, 5) is 13.1. The molecule has 0 spiro atoms. The minimum atomic E-state index is -3.75. The van der Waals surface area contributed by atoms with Gasteiger partial charge in [-0.1, -0.05) is 55.8 Å². The van der Waals surface area contributed by atoms with Gasteiger partial charge < -0.3 is 5.32 Å². The van der Waals surface area contributed by atoms with E-state index in [4.69, 9.17) is 0 Å². The number of rotatable bonds is 8. The number of nitrogens with one attached hydrogen (secondary N) is 2. The number of amides is 1. The second-order valence-corrected chi connectivity index (χ2v) is 9.57. The highest BCUT2D eigenvalue weighted by Crippen LogP contribution is 2.23. The number of sulfonamides is 1. The largest absolute Gasteiger partial charge is 0.348 e. The average molecular weight is 451 g/mol. The Kier molecular flexibility index (Phi) is 7.36. The summed E-state index contributed by atoms with van der Waals surface area (Å²) >= 11 is 0. The molecule has 0 saturated carbocycles. The molecule has 3 aromatic carbocycles. The second kappa shape index (κ2) is 10.0. The Bertz CT molecular complexity index is 1220. The fraction of sp³-hybridized carbons (Fsp3) is 0.269. The molecule has 0 heterocycles. The van der Waals surface area contributed by atoms with Crippen LogP contribution < -0.4 is 10.0 Å². The van der Waals surface area contributed by atoms with Gasteiger partial charge in [-0.2, -0.15) is 0 Å². The molecular weight excluding hydrogens is 420 g/mol. The summed E-state index contributed by atoms with van der Waals surface area (Å²) in [5.74, 6) is -0.233. The zero-order valence-corrected chi connectivity index (χ0v) is 19.8. The highest BCUT2D eigenvalue weighted by molar-refractivity contribution is 7.92. The molecule has 0 aliphatic heterocycles. The molecule has 3 rings (SSSR count).